The molecule has 0 aliphatic carbocycles. The number of hydrogen-bond acceptors (Lipinski definition) is 3. The second-order valence-corrected chi connectivity index (χ2v) is 6.23. The average Bonchev–Trinajstić information content (AvgIpc) is 2.48. The molecule has 1 aliphatic heterocycles. The minimum absolute atomic E-state index is 0.0832. The number of rotatable bonds is 1. The average molecular weight is 342 g/mol. The highest BCUT2D eigenvalue weighted by Crippen LogP contribution is 2.23. The number of anilines is 1. The maximum absolute atomic E-state index is 13.4. The summed E-state index contributed by atoms with van der Waals surface area (Å²) in [6.45, 7) is 3.75. The molecule has 1 saturated heterocycles. The highest BCUT2D eigenvalue weighted by molar-refractivity contribution is 6.40. The standard InChI is InChI=1S/C15H17ClFN3O3/c1-15(2)14(23)19(3)6-7-20(15)13(22)12(21)18-9-4-5-10(16)11(17)8-9/h4-5,8H,6-7H2,1-3H3,(H,18,21). The number of amides is 3. The van der Waals surface area contributed by atoms with E-state index in [1.807, 2.05) is 0 Å². The molecule has 0 atom stereocenters. The van der Waals surface area contributed by atoms with Crippen molar-refractivity contribution in [3.8, 4) is 0 Å². The lowest BCUT2D eigenvalue weighted by Gasteiger charge is -2.44. The van der Waals surface area contributed by atoms with Gasteiger partial charge in [0.1, 0.15) is 11.4 Å². The molecule has 1 aromatic rings. The zero-order valence-corrected chi connectivity index (χ0v) is 13.8. The molecule has 0 radical (unpaired) electrons. The Morgan fingerprint density at radius 3 is 2.57 bits per heavy atom. The van der Waals surface area contributed by atoms with E-state index in [1.54, 1.807) is 20.9 Å². The quantitative estimate of drug-likeness (QED) is 0.787. The first-order chi connectivity index (χ1) is 10.6. The number of benzene rings is 1. The van der Waals surface area contributed by atoms with Gasteiger partial charge in [0.15, 0.2) is 0 Å². The van der Waals surface area contributed by atoms with Crippen LogP contribution in [0.4, 0.5) is 10.1 Å². The number of likely N-dealkylation sites (N-methyl/N-ethyl adjacent to an activating group) is 1. The summed E-state index contributed by atoms with van der Waals surface area (Å²) in [7, 11) is 1.64. The second kappa shape index (κ2) is 6.16. The first kappa shape index (κ1) is 17.2. The fraction of sp³-hybridized carbons (Fsp3) is 0.400. The van der Waals surface area contributed by atoms with Gasteiger partial charge in [-0.3, -0.25) is 14.4 Å². The Morgan fingerprint density at radius 2 is 1.96 bits per heavy atom. The number of nitrogens with one attached hydrogen (secondary N) is 1. The molecule has 0 unspecified atom stereocenters. The number of nitrogens with zero attached hydrogens (tertiary/aromatic N) is 2. The molecule has 1 aliphatic rings. The van der Waals surface area contributed by atoms with E-state index < -0.39 is 23.2 Å². The molecule has 23 heavy (non-hydrogen) atoms. The number of hydrogen-bond donors (Lipinski definition) is 1. The van der Waals surface area contributed by atoms with Gasteiger partial charge >= 0.3 is 11.8 Å². The second-order valence-electron chi connectivity index (χ2n) is 5.83. The topological polar surface area (TPSA) is 69.7 Å². The van der Waals surface area contributed by atoms with Crippen LogP contribution in [-0.4, -0.2) is 53.2 Å². The van der Waals surface area contributed by atoms with Crippen molar-refractivity contribution in [3.05, 3.63) is 29.0 Å². The van der Waals surface area contributed by atoms with Gasteiger partial charge in [0, 0.05) is 25.8 Å². The Bertz CT molecular complexity index is 678. The van der Waals surface area contributed by atoms with Crippen LogP contribution in [0.15, 0.2) is 18.2 Å². The minimum atomic E-state index is -1.12. The molecule has 124 valence electrons. The van der Waals surface area contributed by atoms with Crippen molar-refractivity contribution < 1.29 is 18.8 Å². The van der Waals surface area contributed by atoms with Crippen LogP contribution in [0.5, 0.6) is 0 Å². The molecule has 1 heterocycles. The van der Waals surface area contributed by atoms with Gasteiger partial charge < -0.3 is 15.1 Å². The summed E-state index contributed by atoms with van der Waals surface area (Å²) in [4.78, 5) is 39.3. The molecule has 0 saturated carbocycles. The Balaban J connectivity index is 2.14. The molecule has 1 N–H and O–H groups in total. The maximum atomic E-state index is 13.4. The van der Waals surface area contributed by atoms with Crippen molar-refractivity contribution in [1.82, 2.24) is 9.80 Å². The van der Waals surface area contributed by atoms with Gasteiger partial charge in [-0.25, -0.2) is 4.39 Å². The summed E-state index contributed by atoms with van der Waals surface area (Å²) >= 11 is 5.56. The smallest absolute Gasteiger partial charge is 0.313 e. The van der Waals surface area contributed by atoms with Crippen molar-refractivity contribution in [1.29, 1.82) is 0 Å². The summed E-state index contributed by atoms with van der Waals surface area (Å²) in [6.07, 6.45) is 0. The van der Waals surface area contributed by atoms with Crippen LogP contribution >= 0.6 is 11.6 Å². The van der Waals surface area contributed by atoms with Crippen LogP contribution in [-0.2, 0) is 14.4 Å². The highest BCUT2D eigenvalue weighted by atomic mass is 35.5. The van der Waals surface area contributed by atoms with Crippen LogP contribution in [0.1, 0.15) is 13.8 Å². The lowest BCUT2D eigenvalue weighted by molar-refractivity contribution is -0.159. The van der Waals surface area contributed by atoms with E-state index in [0.717, 1.165) is 6.07 Å². The van der Waals surface area contributed by atoms with Crippen molar-refractivity contribution in [2.24, 2.45) is 0 Å². The Kier molecular flexibility index (Phi) is 4.61. The van der Waals surface area contributed by atoms with Gasteiger partial charge in [-0.1, -0.05) is 11.6 Å². The summed E-state index contributed by atoms with van der Waals surface area (Å²) in [6, 6.07) is 3.69. The first-order valence-corrected chi connectivity index (χ1v) is 7.36. The van der Waals surface area contributed by atoms with Gasteiger partial charge in [-0.05, 0) is 32.0 Å². The van der Waals surface area contributed by atoms with Crippen LogP contribution in [0.25, 0.3) is 0 Å². The minimum Gasteiger partial charge on any atom is -0.342 e. The molecular formula is C15H17ClFN3O3. The zero-order valence-electron chi connectivity index (χ0n) is 13.0. The molecule has 0 aromatic heterocycles. The number of halogens is 2. The van der Waals surface area contributed by atoms with Crippen molar-refractivity contribution in [2.45, 2.75) is 19.4 Å². The largest absolute Gasteiger partial charge is 0.342 e. The lowest BCUT2D eigenvalue weighted by atomic mass is 9.97. The van der Waals surface area contributed by atoms with E-state index in [-0.39, 0.29) is 23.2 Å². The van der Waals surface area contributed by atoms with Crippen LogP contribution in [0.3, 0.4) is 0 Å². The Labute approximate surface area is 138 Å². The van der Waals surface area contributed by atoms with Crippen molar-refractivity contribution >= 4 is 35.0 Å². The third kappa shape index (κ3) is 3.29. The SMILES string of the molecule is CN1CCN(C(=O)C(=O)Nc2ccc(Cl)c(F)c2)C(C)(C)C1=O. The Hall–Kier alpha value is -2.15. The van der Waals surface area contributed by atoms with E-state index in [0.29, 0.717) is 6.54 Å². The predicted octanol–water partition coefficient (Wildman–Crippen LogP) is 1.50. The molecule has 0 spiro atoms. The van der Waals surface area contributed by atoms with E-state index >= 15 is 0 Å². The van der Waals surface area contributed by atoms with Gasteiger partial charge in [0.25, 0.3) is 0 Å². The van der Waals surface area contributed by atoms with Crippen LogP contribution in [0.2, 0.25) is 5.02 Å². The fourth-order valence-corrected chi connectivity index (χ4v) is 2.57. The molecule has 2 rings (SSSR count). The Morgan fingerprint density at radius 1 is 1.30 bits per heavy atom. The predicted molar refractivity (Wildman–Crippen MR) is 83.5 cm³/mol. The molecule has 1 fully saturated rings. The number of carbonyl (C=O) groups excluding carboxylic acids is 3. The summed E-state index contributed by atoms with van der Waals surface area (Å²) in [5.74, 6) is -2.72. The van der Waals surface area contributed by atoms with E-state index in [1.165, 1.54) is 21.9 Å². The van der Waals surface area contributed by atoms with Crippen LogP contribution in [0, 0.1) is 5.82 Å². The van der Waals surface area contributed by atoms with Crippen molar-refractivity contribution in [3.63, 3.8) is 0 Å². The van der Waals surface area contributed by atoms with E-state index in [4.69, 9.17) is 11.6 Å². The molecule has 8 heteroatoms. The van der Waals surface area contributed by atoms with E-state index in [2.05, 4.69) is 5.32 Å². The summed E-state index contributed by atoms with van der Waals surface area (Å²) in [5, 5.41) is 2.23. The zero-order chi connectivity index (χ0) is 17.4. The van der Waals surface area contributed by atoms with Gasteiger partial charge in [0.05, 0.1) is 5.02 Å². The van der Waals surface area contributed by atoms with Gasteiger partial charge in [-0.2, -0.15) is 0 Å². The fourth-order valence-electron chi connectivity index (χ4n) is 2.45. The summed E-state index contributed by atoms with van der Waals surface area (Å²) in [5.41, 5.74) is -1.00. The molecule has 3 amide bonds. The van der Waals surface area contributed by atoms with Crippen molar-refractivity contribution in [2.75, 3.05) is 25.5 Å². The monoisotopic (exact) mass is 341 g/mol. The molecular weight excluding hydrogens is 325 g/mol. The van der Waals surface area contributed by atoms with Crippen LogP contribution < -0.4 is 5.32 Å². The van der Waals surface area contributed by atoms with Gasteiger partial charge in [-0.15, -0.1) is 0 Å². The van der Waals surface area contributed by atoms with E-state index in [9.17, 15) is 18.8 Å². The maximum Gasteiger partial charge on any atom is 0.313 e. The summed E-state index contributed by atoms with van der Waals surface area (Å²) < 4.78 is 13.4. The third-order valence-electron chi connectivity index (χ3n) is 3.82. The normalized spacial score (nSPS) is 17.2. The third-order valence-corrected chi connectivity index (χ3v) is 4.13. The van der Waals surface area contributed by atoms with Gasteiger partial charge in [0.2, 0.25) is 5.91 Å². The first-order valence-electron chi connectivity index (χ1n) is 6.98. The highest BCUT2D eigenvalue weighted by Gasteiger charge is 2.44. The molecule has 6 nitrogen and oxygen atoms in total. The molecule has 1 aromatic carbocycles. The molecule has 0 bridgehead atoms. The number of piperazine rings is 1. The lowest BCUT2D eigenvalue weighted by Crippen LogP contribution is -2.65. The number of carbonyl (C=O) groups is 3.